The van der Waals surface area contributed by atoms with Crippen molar-refractivity contribution in [3.05, 3.63) is 23.8 Å². The second-order valence-corrected chi connectivity index (χ2v) is 4.39. The third kappa shape index (κ3) is 6.61. The Labute approximate surface area is 105 Å². The van der Waals surface area contributed by atoms with Crippen molar-refractivity contribution in [2.24, 2.45) is 0 Å². The summed E-state index contributed by atoms with van der Waals surface area (Å²) in [6.45, 7) is 4.72. The monoisotopic (exact) mass is 239 g/mol. The standard InChI is InChI=1S/C14H25NO2/c1-16-12-10-15(11-13-17-2)9-5-8-14-6-3-4-7-14/h3-4,6H,5,7-13H2,1-2H3. The van der Waals surface area contributed by atoms with Crippen LogP contribution < -0.4 is 0 Å². The minimum absolute atomic E-state index is 0.800. The first-order valence-corrected chi connectivity index (χ1v) is 6.41. The molecule has 3 nitrogen and oxygen atoms in total. The first-order valence-electron chi connectivity index (χ1n) is 6.41. The lowest BCUT2D eigenvalue weighted by molar-refractivity contribution is 0.113. The van der Waals surface area contributed by atoms with Crippen LogP contribution in [-0.4, -0.2) is 52.0 Å². The van der Waals surface area contributed by atoms with Crippen molar-refractivity contribution in [2.75, 3.05) is 47.1 Å². The molecule has 0 aromatic heterocycles. The minimum atomic E-state index is 0.800. The number of hydrogen-bond donors (Lipinski definition) is 0. The fourth-order valence-corrected chi connectivity index (χ4v) is 1.98. The average Bonchev–Trinajstić information content (AvgIpc) is 2.85. The van der Waals surface area contributed by atoms with Crippen LogP contribution in [0.4, 0.5) is 0 Å². The maximum atomic E-state index is 5.13. The summed E-state index contributed by atoms with van der Waals surface area (Å²) in [6.07, 6.45) is 10.2. The Bertz CT molecular complexity index is 241. The van der Waals surface area contributed by atoms with Crippen molar-refractivity contribution in [3.8, 4) is 0 Å². The molecule has 0 unspecified atom stereocenters. The average molecular weight is 239 g/mol. The zero-order valence-corrected chi connectivity index (χ0v) is 11.2. The smallest absolute Gasteiger partial charge is 0.0589 e. The SMILES string of the molecule is COCCN(CCCC1=CC=CC1)CCOC. The van der Waals surface area contributed by atoms with Gasteiger partial charge in [0.2, 0.25) is 0 Å². The predicted molar refractivity (Wildman–Crippen MR) is 71.3 cm³/mol. The highest BCUT2D eigenvalue weighted by molar-refractivity contribution is 5.22. The first-order chi connectivity index (χ1) is 8.36. The van der Waals surface area contributed by atoms with Crippen LogP contribution in [0.15, 0.2) is 23.8 Å². The van der Waals surface area contributed by atoms with E-state index in [1.807, 2.05) is 0 Å². The molecule has 0 aromatic rings. The van der Waals surface area contributed by atoms with Gasteiger partial charge in [-0.3, -0.25) is 4.90 Å². The molecule has 17 heavy (non-hydrogen) atoms. The van der Waals surface area contributed by atoms with Gasteiger partial charge in [0.15, 0.2) is 0 Å². The number of ether oxygens (including phenoxy) is 2. The molecule has 0 atom stereocenters. The third-order valence-corrected chi connectivity index (χ3v) is 3.04. The third-order valence-electron chi connectivity index (χ3n) is 3.04. The Hall–Kier alpha value is -0.640. The summed E-state index contributed by atoms with van der Waals surface area (Å²) in [5, 5.41) is 0. The van der Waals surface area contributed by atoms with Crippen molar-refractivity contribution in [1.29, 1.82) is 0 Å². The van der Waals surface area contributed by atoms with E-state index in [2.05, 4.69) is 23.1 Å². The molecule has 0 N–H and O–H groups in total. The van der Waals surface area contributed by atoms with E-state index >= 15 is 0 Å². The zero-order valence-electron chi connectivity index (χ0n) is 11.2. The van der Waals surface area contributed by atoms with E-state index < -0.39 is 0 Å². The fraction of sp³-hybridized carbons (Fsp3) is 0.714. The van der Waals surface area contributed by atoms with E-state index in [0.29, 0.717) is 0 Å². The Morgan fingerprint density at radius 2 is 1.82 bits per heavy atom. The minimum Gasteiger partial charge on any atom is -0.383 e. The van der Waals surface area contributed by atoms with Gasteiger partial charge in [0.1, 0.15) is 0 Å². The Morgan fingerprint density at radius 3 is 2.35 bits per heavy atom. The number of hydrogen-bond acceptors (Lipinski definition) is 3. The molecule has 0 saturated carbocycles. The van der Waals surface area contributed by atoms with Gasteiger partial charge in [-0.2, -0.15) is 0 Å². The van der Waals surface area contributed by atoms with E-state index in [4.69, 9.17) is 9.47 Å². The summed E-state index contributed by atoms with van der Waals surface area (Å²) >= 11 is 0. The number of nitrogens with zero attached hydrogens (tertiary/aromatic N) is 1. The normalized spacial score (nSPS) is 14.6. The van der Waals surface area contributed by atoms with Crippen LogP contribution >= 0.6 is 0 Å². The van der Waals surface area contributed by atoms with Crippen LogP contribution in [-0.2, 0) is 9.47 Å². The van der Waals surface area contributed by atoms with Crippen molar-refractivity contribution in [1.82, 2.24) is 4.90 Å². The topological polar surface area (TPSA) is 21.7 Å². The van der Waals surface area contributed by atoms with Gasteiger partial charge in [0.25, 0.3) is 0 Å². The fourth-order valence-electron chi connectivity index (χ4n) is 1.98. The van der Waals surface area contributed by atoms with Crippen molar-refractivity contribution >= 4 is 0 Å². The zero-order chi connectivity index (χ0) is 12.3. The molecule has 0 saturated heterocycles. The lowest BCUT2D eigenvalue weighted by atomic mass is 10.1. The molecule has 1 rings (SSSR count). The van der Waals surface area contributed by atoms with E-state index in [1.54, 1.807) is 19.8 Å². The van der Waals surface area contributed by atoms with Gasteiger partial charge in [0.05, 0.1) is 13.2 Å². The molecular weight excluding hydrogens is 214 g/mol. The summed E-state index contributed by atoms with van der Waals surface area (Å²) < 4.78 is 10.3. The quantitative estimate of drug-likeness (QED) is 0.583. The van der Waals surface area contributed by atoms with Crippen LogP contribution in [0.5, 0.6) is 0 Å². The van der Waals surface area contributed by atoms with Crippen LogP contribution in [0.2, 0.25) is 0 Å². The Morgan fingerprint density at radius 1 is 1.12 bits per heavy atom. The molecule has 1 aliphatic rings. The van der Waals surface area contributed by atoms with Crippen LogP contribution in [0.1, 0.15) is 19.3 Å². The largest absolute Gasteiger partial charge is 0.383 e. The lowest BCUT2D eigenvalue weighted by Crippen LogP contribution is -2.31. The number of rotatable bonds is 10. The molecule has 0 radical (unpaired) electrons. The van der Waals surface area contributed by atoms with E-state index in [9.17, 15) is 0 Å². The molecule has 0 spiro atoms. The first kappa shape index (κ1) is 14.4. The van der Waals surface area contributed by atoms with Gasteiger partial charge in [-0.15, -0.1) is 0 Å². The van der Waals surface area contributed by atoms with Crippen molar-refractivity contribution in [2.45, 2.75) is 19.3 Å². The van der Waals surface area contributed by atoms with Gasteiger partial charge in [-0.05, 0) is 25.8 Å². The van der Waals surface area contributed by atoms with E-state index in [1.165, 1.54) is 12.8 Å². The molecular formula is C14H25NO2. The van der Waals surface area contributed by atoms with Crippen LogP contribution in [0.25, 0.3) is 0 Å². The summed E-state index contributed by atoms with van der Waals surface area (Å²) in [5.74, 6) is 0. The number of allylic oxidation sites excluding steroid dienone is 4. The summed E-state index contributed by atoms with van der Waals surface area (Å²) in [5.41, 5.74) is 1.56. The van der Waals surface area contributed by atoms with Gasteiger partial charge in [0, 0.05) is 27.3 Å². The Balaban J connectivity index is 2.12. The molecule has 0 heterocycles. The van der Waals surface area contributed by atoms with Gasteiger partial charge in [-0.25, -0.2) is 0 Å². The maximum Gasteiger partial charge on any atom is 0.0589 e. The molecule has 1 aliphatic carbocycles. The second kappa shape index (κ2) is 9.40. The molecule has 0 fully saturated rings. The summed E-state index contributed by atoms with van der Waals surface area (Å²) in [4.78, 5) is 2.41. The second-order valence-electron chi connectivity index (χ2n) is 4.39. The maximum absolute atomic E-state index is 5.13. The molecule has 0 amide bonds. The van der Waals surface area contributed by atoms with Crippen LogP contribution in [0.3, 0.4) is 0 Å². The van der Waals surface area contributed by atoms with E-state index in [0.717, 1.165) is 39.3 Å². The molecule has 0 bridgehead atoms. The van der Waals surface area contributed by atoms with Crippen LogP contribution in [0, 0.1) is 0 Å². The highest BCUT2D eigenvalue weighted by atomic mass is 16.5. The van der Waals surface area contributed by atoms with Crippen molar-refractivity contribution in [3.63, 3.8) is 0 Å². The molecule has 3 heteroatoms. The number of methoxy groups -OCH3 is 2. The molecule has 98 valence electrons. The van der Waals surface area contributed by atoms with Crippen molar-refractivity contribution < 1.29 is 9.47 Å². The highest BCUT2D eigenvalue weighted by Crippen LogP contribution is 2.16. The summed E-state index contributed by atoms with van der Waals surface area (Å²) in [7, 11) is 3.51. The Kier molecular flexibility index (Phi) is 7.97. The summed E-state index contributed by atoms with van der Waals surface area (Å²) in [6, 6.07) is 0. The van der Waals surface area contributed by atoms with E-state index in [-0.39, 0.29) is 0 Å². The molecule has 0 aromatic carbocycles. The van der Waals surface area contributed by atoms with Gasteiger partial charge in [-0.1, -0.05) is 23.8 Å². The highest BCUT2D eigenvalue weighted by Gasteiger charge is 2.05. The van der Waals surface area contributed by atoms with Gasteiger partial charge >= 0.3 is 0 Å². The van der Waals surface area contributed by atoms with Gasteiger partial charge < -0.3 is 9.47 Å². The predicted octanol–water partition coefficient (Wildman–Crippen LogP) is 2.25. The lowest BCUT2D eigenvalue weighted by Gasteiger charge is -2.21. The molecule has 0 aliphatic heterocycles.